The molecular weight excluding hydrogens is 1530 g/mol. The number of para-hydroxylation sites is 2. The van der Waals surface area contributed by atoms with Gasteiger partial charge in [-0.2, -0.15) is 0 Å². The summed E-state index contributed by atoms with van der Waals surface area (Å²) in [6.07, 6.45) is 0. The van der Waals surface area contributed by atoms with E-state index in [4.69, 9.17) is 18.9 Å². The summed E-state index contributed by atoms with van der Waals surface area (Å²) < 4.78 is 34.3. The molecule has 0 amide bonds. The molecule has 574 valence electrons. The Morgan fingerprint density at radius 2 is 0.540 bits per heavy atom. The summed E-state index contributed by atoms with van der Waals surface area (Å²) in [7, 11) is 0. The van der Waals surface area contributed by atoms with Crippen molar-refractivity contribution in [1.82, 2.24) is 0 Å². The van der Waals surface area contributed by atoms with E-state index in [1.165, 1.54) is 20.2 Å². The Labute approximate surface area is 723 Å². The highest BCUT2D eigenvalue weighted by Gasteiger charge is 2.54. The number of hydrogen-bond acceptors (Lipinski definition) is 7. The number of thiophene rings is 1. The van der Waals surface area contributed by atoms with Gasteiger partial charge in [0.05, 0.1) is 11.4 Å². The minimum Gasteiger partial charge on any atom is -0.459 e. The molecule has 0 spiro atoms. The average molecular weight is 1600 g/mol. The van der Waals surface area contributed by atoms with Gasteiger partial charge in [-0.25, -0.2) is 0 Å². The molecule has 1 aromatic heterocycles. The van der Waals surface area contributed by atoms with Crippen LogP contribution < -0.4 is 77.9 Å². The van der Waals surface area contributed by atoms with Crippen LogP contribution in [0.3, 0.4) is 0 Å². The highest BCUT2D eigenvalue weighted by molar-refractivity contribution is 7.25. The van der Waals surface area contributed by atoms with Crippen molar-refractivity contribution in [2.24, 2.45) is 0 Å². The van der Waals surface area contributed by atoms with Gasteiger partial charge in [-0.05, 0) is 159 Å². The molecule has 0 bridgehead atoms. The van der Waals surface area contributed by atoms with Gasteiger partial charge in [0.25, 0.3) is 20.1 Å². The van der Waals surface area contributed by atoms with Crippen molar-refractivity contribution in [3.8, 4) is 146 Å². The molecule has 7 heterocycles. The third-order valence-corrected chi connectivity index (χ3v) is 27.4. The summed E-state index contributed by atoms with van der Waals surface area (Å²) in [5, 5.41) is 2.49. The number of rotatable bonds is 11. The Kier molecular flexibility index (Phi) is 15.9. The Hall–Kier alpha value is -15.6. The fourth-order valence-corrected chi connectivity index (χ4v) is 21.9. The van der Waals surface area contributed by atoms with E-state index in [2.05, 4.69) is 428 Å². The Morgan fingerprint density at radius 1 is 0.185 bits per heavy atom. The van der Waals surface area contributed by atoms with Crippen molar-refractivity contribution in [2.45, 2.75) is 0 Å². The zero-order chi connectivity index (χ0) is 81.2. The molecule has 26 rings (SSSR count). The van der Waals surface area contributed by atoms with Gasteiger partial charge in [0.2, 0.25) is 0 Å². The molecular formula is C114H69B3N2O4S. The third kappa shape index (κ3) is 11.0. The molecule has 6 aliphatic rings. The minimum atomic E-state index is -0.529. The maximum Gasteiger partial charge on any atom is 0.265 e. The number of anilines is 6. The van der Waals surface area contributed by atoms with Crippen LogP contribution in [0.4, 0.5) is 34.1 Å². The molecule has 0 radical (unpaired) electrons. The van der Waals surface area contributed by atoms with E-state index in [-0.39, 0.29) is 6.71 Å². The van der Waals surface area contributed by atoms with E-state index < -0.39 is 13.4 Å². The lowest BCUT2D eigenvalue weighted by atomic mass is 9.29. The van der Waals surface area contributed by atoms with Crippen LogP contribution in [0.1, 0.15) is 0 Å². The predicted molar refractivity (Wildman–Crippen MR) is 518 cm³/mol. The van der Waals surface area contributed by atoms with Crippen molar-refractivity contribution in [1.29, 1.82) is 0 Å². The molecule has 0 aliphatic carbocycles. The van der Waals surface area contributed by atoms with Gasteiger partial charge in [-0.3, -0.25) is 0 Å². The summed E-state index contributed by atoms with van der Waals surface area (Å²) in [5.41, 5.74) is 34.7. The fourth-order valence-electron chi connectivity index (χ4n) is 20.8. The first-order valence-electron chi connectivity index (χ1n) is 42.6. The second-order valence-corrected chi connectivity index (χ2v) is 34.1. The van der Waals surface area contributed by atoms with Crippen LogP contribution >= 0.6 is 11.3 Å². The normalized spacial score (nSPS) is 13.0. The number of ether oxygens (including phenoxy) is 4. The Bertz CT molecular complexity index is 7650. The molecule has 19 aromatic carbocycles. The third-order valence-electron chi connectivity index (χ3n) is 26.3. The van der Waals surface area contributed by atoms with Gasteiger partial charge in [0.1, 0.15) is 46.0 Å². The smallest absolute Gasteiger partial charge is 0.265 e. The van der Waals surface area contributed by atoms with Crippen LogP contribution in [-0.4, -0.2) is 20.1 Å². The summed E-state index contributed by atoms with van der Waals surface area (Å²) in [5.74, 6) is 5.72. The molecule has 0 saturated heterocycles. The van der Waals surface area contributed by atoms with Gasteiger partial charge in [0, 0.05) is 93.7 Å². The maximum absolute atomic E-state index is 8.41. The molecule has 124 heavy (non-hydrogen) atoms. The number of hydrogen-bond donors (Lipinski definition) is 0. The first-order chi connectivity index (χ1) is 61.5. The van der Waals surface area contributed by atoms with Crippen LogP contribution in [0.2, 0.25) is 0 Å². The van der Waals surface area contributed by atoms with E-state index >= 15 is 0 Å². The number of nitrogens with zero attached hydrogens (tertiary/aromatic N) is 2. The van der Waals surface area contributed by atoms with Crippen molar-refractivity contribution < 1.29 is 18.9 Å². The lowest BCUT2D eigenvalue weighted by Gasteiger charge is -2.47. The van der Waals surface area contributed by atoms with Crippen LogP contribution in [0.25, 0.3) is 120 Å². The van der Waals surface area contributed by atoms with E-state index in [1.807, 2.05) is 11.3 Å². The molecule has 6 aliphatic heterocycles. The Balaban J connectivity index is 0.811. The van der Waals surface area contributed by atoms with E-state index in [1.54, 1.807) is 0 Å². The first kappa shape index (κ1) is 70.3. The van der Waals surface area contributed by atoms with Crippen molar-refractivity contribution >= 4 is 135 Å². The van der Waals surface area contributed by atoms with Gasteiger partial charge in [0.15, 0.2) is 0 Å². The predicted octanol–water partition coefficient (Wildman–Crippen LogP) is 24.6. The van der Waals surface area contributed by atoms with Crippen molar-refractivity contribution in [2.75, 3.05) is 9.80 Å². The quantitative estimate of drug-likeness (QED) is 0.120. The monoisotopic (exact) mass is 1590 g/mol. The summed E-state index contributed by atoms with van der Waals surface area (Å²) in [6.45, 7) is -1.36. The molecule has 10 heteroatoms. The van der Waals surface area contributed by atoms with Gasteiger partial charge < -0.3 is 28.7 Å². The van der Waals surface area contributed by atoms with Crippen LogP contribution in [0, 0.1) is 0 Å². The molecule has 0 fully saturated rings. The molecule has 0 N–H and O–H groups in total. The molecule has 0 atom stereocenters. The molecule has 20 aromatic rings. The van der Waals surface area contributed by atoms with Crippen LogP contribution in [0.5, 0.6) is 46.0 Å². The van der Waals surface area contributed by atoms with Gasteiger partial charge >= 0.3 is 0 Å². The lowest BCUT2D eigenvalue weighted by molar-refractivity contribution is 0.443. The second kappa shape index (κ2) is 28.0. The topological polar surface area (TPSA) is 43.4 Å². The van der Waals surface area contributed by atoms with Gasteiger partial charge in [-0.15, -0.1) is 11.3 Å². The van der Waals surface area contributed by atoms with E-state index in [0.717, 1.165) is 206 Å². The lowest BCUT2D eigenvalue weighted by Crippen LogP contribution is -2.66. The van der Waals surface area contributed by atoms with Crippen molar-refractivity contribution in [3.05, 3.63) is 419 Å². The summed E-state index contributed by atoms with van der Waals surface area (Å²) in [6, 6.07) is 154. The number of benzene rings is 19. The zero-order valence-corrected chi connectivity index (χ0v) is 67.8. The average Bonchev–Trinajstić information content (AvgIpc) is 0.757. The van der Waals surface area contributed by atoms with Crippen LogP contribution in [-0.2, 0) is 0 Å². The summed E-state index contributed by atoms with van der Waals surface area (Å²) >= 11 is 1.85. The first-order valence-corrected chi connectivity index (χ1v) is 43.4. The SMILES string of the molecule is c1ccc(-c2ccc3c(c2)Oc2c4c(cc5c2B2c6ccc(-c7ccccc7)cc6N(c6c(-c7ccccc7)cccc6-c6ccccc6)c6cc(-c7ccc8c(c7)sc7ccccc78)cc(c62)N5c2c(-c5ccccc5)cccc2-c2ccccc2)Oc2cc5c6c(c2B34)Oc2ccc(-c3ccccc3)cc2B6c2cc(-c3ccccc3)ccc2O5)cc1. The molecule has 0 saturated carbocycles. The van der Waals surface area contributed by atoms with E-state index in [9.17, 15) is 0 Å². The van der Waals surface area contributed by atoms with Crippen LogP contribution in [0.15, 0.2) is 419 Å². The van der Waals surface area contributed by atoms with E-state index in [0.29, 0.717) is 23.0 Å². The van der Waals surface area contributed by atoms with Crippen molar-refractivity contribution in [3.63, 3.8) is 0 Å². The zero-order valence-electron chi connectivity index (χ0n) is 67.0. The Morgan fingerprint density at radius 3 is 1.06 bits per heavy atom. The fraction of sp³-hybridized carbons (Fsp3) is 0. The second-order valence-electron chi connectivity index (χ2n) is 33.1. The molecule has 0 unspecified atom stereocenters. The largest absolute Gasteiger partial charge is 0.459 e. The number of fused-ring (bicyclic) bond motifs is 17. The van der Waals surface area contributed by atoms with Gasteiger partial charge in [-0.1, -0.05) is 358 Å². The highest BCUT2D eigenvalue weighted by atomic mass is 32.1. The molecule has 6 nitrogen and oxygen atoms in total. The standard InChI is InChI=1S/C114H69B3N2O4S/c1-9-29-70(30-10-1)78-54-59-98-92(61-78)115-93-62-79(71-31-11-2-12-32-71)55-60-99(93)122-114-108(115)102(120-98)69-103-110(114)117-91-58-53-81(73-35-15-4-16-36-73)66-100(91)123-113-107-97(68-101(121-103)109(113)117)119(112-86(76-41-21-7-22-42-76)48-28-49-87(112)77-43-23-8-24-44-77)96-65-83(82-51-56-89-88-45-25-26-50-104(88)124-105(89)67-82)64-95-106(96)116(107)90-57-52-80(72-33-13-3-14-34-72)63-94(90)118(95)111-84(74-37-17-5-18-38-74)46-27-47-85(111)75-39-19-6-20-40-75/h1-69H. The summed E-state index contributed by atoms with van der Waals surface area (Å²) in [4.78, 5) is 5.28. The highest BCUT2D eigenvalue weighted by Crippen LogP contribution is 2.57. The maximum atomic E-state index is 8.41. The minimum absolute atomic E-state index is 0.320.